The maximum Gasteiger partial charge on any atom is 0.418 e. The second kappa shape index (κ2) is 7.84. The van der Waals surface area contributed by atoms with Crippen LogP contribution in [0.25, 0.3) is 10.9 Å². The number of methoxy groups -OCH3 is 1. The lowest BCUT2D eigenvalue weighted by molar-refractivity contribution is -0.142. The third-order valence-electron chi connectivity index (χ3n) is 4.14. The van der Waals surface area contributed by atoms with Crippen molar-refractivity contribution < 1.29 is 19.1 Å². The Labute approximate surface area is 151 Å². The number of ether oxygens (including phenoxy) is 2. The van der Waals surface area contributed by atoms with Crippen LogP contribution in [0.4, 0.5) is 4.79 Å². The van der Waals surface area contributed by atoms with E-state index in [1.165, 1.54) is 11.7 Å². The minimum atomic E-state index is -0.792. The second-order valence-electron chi connectivity index (χ2n) is 5.92. The maximum atomic E-state index is 12.5. The molecule has 0 saturated carbocycles. The Morgan fingerprint density at radius 1 is 1.08 bits per heavy atom. The SMILES string of the molecule is COC(=O)[C@@H](N)Cc1cn(C(=O)OCc2ccccc2)c2ccccc12. The van der Waals surface area contributed by atoms with Gasteiger partial charge in [-0.2, -0.15) is 0 Å². The summed E-state index contributed by atoms with van der Waals surface area (Å²) in [6.45, 7) is 0.184. The van der Waals surface area contributed by atoms with Crippen molar-refractivity contribution in [1.29, 1.82) is 0 Å². The first kappa shape index (κ1) is 17.7. The molecule has 0 unspecified atom stereocenters. The Morgan fingerprint density at radius 2 is 1.77 bits per heavy atom. The smallest absolute Gasteiger partial charge is 0.418 e. The molecule has 0 aliphatic rings. The topological polar surface area (TPSA) is 83.5 Å². The van der Waals surface area contributed by atoms with Gasteiger partial charge < -0.3 is 15.2 Å². The van der Waals surface area contributed by atoms with Gasteiger partial charge in [0.15, 0.2) is 0 Å². The molecular formula is C20H20N2O4. The molecule has 0 aliphatic heterocycles. The molecule has 26 heavy (non-hydrogen) atoms. The van der Waals surface area contributed by atoms with Crippen molar-refractivity contribution >= 4 is 23.0 Å². The van der Waals surface area contributed by atoms with E-state index in [0.29, 0.717) is 5.52 Å². The average Bonchev–Trinajstić information content (AvgIpc) is 3.05. The van der Waals surface area contributed by atoms with Crippen LogP contribution in [0.1, 0.15) is 11.1 Å². The Hall–Kier alpha value is -3.12. The number of hydrogen-bond acceptors (Lipinski definition) is 5. The summed E-state index contributed by atoms with van der Waals surface area (Å²) < 4.78 is 11.5. The van der Waals surface area contributed by atoms with Gasteiger partial charge in [-0.15, -0.1) is 0 Å². The van der Waals surface area contributed by atoms with E-state index in [1.54, 1.807) is 6.20 Å². The molecular weight excluding hydrogens is 332 g/mol. The largest absolute Gasteiger partial charge is 0.468 e. The van der Waals surface area contributed by atoms with E-state index in [2.05, 4.69) is 4.74 Å². The van der Waals surface area contributed by atoms with Gasteiger partial charge in [0.2, 0.25) is 0 Å². The van der Waals surface area contributed by atoms with E-state index >= 15 is 0 Å². The number of aromatic nitrogens is 1. The molecule has 2 aromatic carbocycles. The molecule has 3 aromatic rings. The summed E-state index contributed by atoms with van der Waals surface area (Å²) in [6, 6.07) is 16.1. The summed E-state index contributed by atoms with van der Waals surface area (Å²) in [5.74, 6) is -0.492. The van der Waals surface area contributed by atoms with Crippen molar-refractivity contribution in [3.05, 3.63) is 71.9 Å². The van der Waals surface area contributed by atoms with Crippen molar-refractivity contribution in [3.63, 3.8) is 0 Å². The molecule has 134 valence electrons. The molecule has 0 amide bonds. The number of esters is 1. The summed E-state index contributed by atoms with van der Waals surface area (Å²) in [5, 5.41) is 0.850. The Morgan fingerprint density at radius 3 is 2.50 bits per heavy atom. The molecule has 0 fully saturated rings. The molecule has 1 aromatic heterocycles. The van der Waals surface area contributed by atoms with Crippen molar-refractivity contribution in [2.75, 3.05) is 7.11 Å². The van der Waals surface area contributed by atoms with E-state index < -0.39 is 18.1 Å². The third kappa shape index (κ3) is 3.75. The van der Waals surface area contributed by atoms with Crippen molar-refractivity contribution in [1.82, 2.24) is 4.57 Å². The number of benzene rings is 2. The highest BCUT2D eigenvalue weighted by Crippen LogP contribution is 2.23. The van der Waals surface area contributed by atoms with Crippen LogP contribution in [0.3, 0.4) is 0 Å². The van der Waals surface area contributed by atoms with E-state index in [0.717, 1.165) is 16.5 Å². The second-order valence-corrected chi connectivity index (χ2v) is 5.92. The van der Waals surface area contributed by atoms with E-state index in [9.17, 15) is 9.59 Å². The molecule has 1 atom stereocenters. The molecule has 6 heteroatoms. The van der Waals surface area contributed by atoms with Crippen LogP contribution in [0.5, 0.6) is 0 Å². The van der Waals surface area contributed by atoms with Crippen LogP contribution in [-0.2, 0) is 27.3 Å². The van der Waals surface area contributed by atoms with Crippen molar-refractivity contribution in [2.24, 2.45) is 5.73 Å². The van der Waals surface area contributed by atoms with Crippen molar-refractivity contribution in [3.8, 4) is 0 Å². The fraction of sp³-hybridized carbons (Fsp3) is 0.200. The number of nitrogens with zero attached hydrogens (tertiary/aromatic N) is 1. The number of para-hydroxylation sites is 1. The van der Waals surface area contributed by atoms with Gasteiger partial charge in [0.25, 0.3) is 0 Å². The van der Waals surface area contributed by atoms with Gasteiger partial charge in [-0.05, 0) is 17.2 Å². The molecule has 0 spiro atoms. The highest BCUT2D eigenvalue weighted by Gasteiger charge is 2.20. The van der Waals surface area contributed by atoms with Gasteiger partial charge in [-0.1, -0.05) is 48.5 Å². The van der Waals surface area contributed by atoms with Gasteiger partial charge in [0.05, 0.1) is 12.6 Å². The monoisotopic (exact) mass is 352 g/mol. The average molecular weight is 352 g/mol. The van der Waals surface area contributed by atoms with Crippen molar-refractivity contribution in [2.45, 2.75) is 19.1 Å². The van der Waals surface area contributed by atoms with Crippen LogP contribution in [0, 0.1) is 0 Å². The van der Waals surface area contributed by atoms with E-state index in [1.807, 2.05) is 54.6 Å². The van der Waals surface area contributed by atoms with Gasteiger partial charge in [0.1, 0.15) is 12.6 Å². The first-order valence-electron chi connectivity index (χ1n) is 8.23. The van der Waals surface area contributed by atoms with E-state index in [4.69, 9.17) is 10.5 Å². The minimum absolute atomic E-state index is 0.184. The summed E-state index contributed by atoms with van der Waals surface area (Å²) >= 11 is 0. The first-order chi connectivity index (χ1) is 12.6. The minimum Gasteiger partial charge on any atom is -0.468 e. The van der Waals surface area contributed by atoms with Crippen LogP contribution in [0.15, 0.2) is 60.8 Å². The van der Waals surface area contributed by atoms with Gasteiger partial charge >= 0.3 is 12.1 Å². The molecule has 0 bridgehead atoms. The number of rotatable bonds is 5. The Bertz CT molecular complexity index is 918. The predicted molar refractivity (Wildman–Crippen MR) is 97.7 cm³/mol. The van der Waals surface area contributed by atoms with Crippen LogP contribution in [-0.4, -0.2) is 29.8 Å². The van der Waals surface area contributed by atoms with E-state index in [-0.39, 0.29) is 13.0 Å². The molecule has 2 N–H and O–H groups in total. The third-order valence-corrected chi connectivity index (χ3v) is 4.14. The maximum absolute atomic E-state index is 12.5. The normalized spacial score (nSPS) is 11.9. The predicted octanol–water partition coefficient (Wildman–Crippen LogP) is 2.87. The summed E-state index contributed by atoms with van der Waals surface area (Å²) in [7, 11) is 1.30. The van der Waals surface area contributed by atoms with Gasteiger partial charge in [-0.3, -0.25) is 9.36 Å². The lowest BCUT2D eigenvalue weighted by Gasteiger charge is -2.08. The zero-order valence-electron chi connectivity index (χ0n) is 14.4. The fourth-order valence-corrected chi connectivity index (χ4v) is 2.82. The number of nitrogens with two attached hydrogens (primary N) is 1. The number of carbonyl (C=O) groups is 2. The molecule has 3 rings (SSSR count). The standard InChI is InChI=1S/C20H20N2O4/c1-25-19(23)17(21)11-15-12-22(18-10-6-5-9-16(15)18)20(24)26-13-14-7-3-2-4-8-14/h2-10,12,17H,11,13,21H2,1H3/t17-/m0/s1. The van der Waals surface area contributed by atoms with Gasteiger partial charge in [-0.25, -0.2) is 4.79 Å². The molecule has 0 aliphatic carbocycles. The first-order valence-corrected chi connectivity index (χ1v) is 8.23. The zero-order valence-corrected chi connectivity index (χ0v) is 14.4. The Kier molecular flexibility index (Phi) is 5.34. The fourth-order valence-electron chi connectivity index (χ4n) is 2.82. The number of carbonyl (C=O) groups excluding carboxylic acids is 2. The lowest BCUT2D eigenvalue weighted by Crippen LogP contribution is -2.33. The lowest BCUT2D eigenvalue weighted by atomic mass is 10.1. The summed E-state index contributed by atoms with van der Waals surface area (Å²) in [6.07, 6.45) is 1.45. The molecule has 1 heterocycles. The zero-order chi connectivity index (χ0) is 18.5. The molecule has 0 saturated heterocycles. The number of hydrogen-bond donors (Lipinski definition) is 1. The molecule has 6 nitrogen and oxygen atoms in total. The Balaban J connectivity index is 1.84. The quantitative estimate of drug-likeness (QED) is 0.714. The van der Waals surface area contributed by atoms with Crippen LogP contribution < -0.4 is 5.73 Å². The highest BCUT2D eigenvalue weighted by molar-refractivity contribution is 5.92. The number of fused-ring (bicyclic) bond motifs is 1. The van der Waals surface area contributed by atoms with Crippen LogP contribution >= 0.6 is 0 Å². The van der Waals surface area contributed by atoms with Gasteiger partial charge in [0, 0.05) is 18.0 Å². The molecule has 0 radical (unpaired) electrons. The summed E-state index contributed by atoms with van der Waals surface area (Å²) in [5.41, 5.74) is 8.27. The highest BCUT2D eigenvalue weighted by atomic mass is 16.5. The summed E-state index contributed by atoms with van der Waals surface area (Å²) in [4.78, 5) is 24.1. The van der Waals surface area contributed by atoms with Crippen LogP contribution in [0.2, 0.25) is 0 Å².